The number of carbonyl (C=O) groups excluding carboxylic acids is 2. The SMILES string of the molecule is COC(=O)C1=C(C)NC(C)=C(C(=O)OCCCCNCC(O)COc2ccccc2)C1c1cccc([N+](=O)[O-])c1. The molecule has 2 atom stereocenters. The molecule has 11 nitrogen and oxygen atoms in total. The first-order valence-corrected chi connectivity index (χ1v) is 13.0. The first-order chi connectivity index (χ1) is 19.2. The molecule has 11 heteroatoms. The molecule has 0 spiro atoms. The second kappa shape index (κ2) is 14.8. The summed E-state index contributed by atoms with van der Waals surface area (Å²) in [6.07, 6.45) is 0.587. The smallest absolute Gasteiger partial charge is 0.336 e. The van der Waals surface area contributed by atoms with Crippen LogP contribution in [0.5, 0.6) is 5.75 Å². The van der Waals surface area contributed by atoms with Crippen LogP contribution < -0.4 is 15.4 Å². The van der Waals surface area contributed by atoms with Gasteiger partial charge in [-0.15, -0.1) is 0 Å². The molecule has 2 aromatic carbocycles. The van der Waals surface area contributed by atoms with Crippen LogP contribution in [0.2, 0.25) is 0 Å². The average Bonchev–Trinajstić information content (AvgIpc) is 2.95. The van der Waals surface area contributed by atoms with Crippen LogP contribution in [0.1, 0.15) is 38.2 Å². The van der Waals surface area contributed by atoms with Gasteiger partial charge in [-0.1, -0.05) is 30.3 Å². The highest BCUT2D eigenvalue weighted by molar-refractivity contribution is 5.99. The highest BCUT2D eigenvalue weighted by Crippen LogP contribution is 2.40. The van der Waals surface area contributed by atoms with Crippen LogP contribution >= 0.6 is 0 Å². The van der Waals surface area contributed by atoms with Gasteiger partial charge in [-0.3, -0.25) is 10.1 Å². The molecule has 214 valence electrons. The van der Waals surface area contributed by atoms with E-state index in [4.69, 9.17) is 14.2 Å². The molecule has 2 unspecified atom stereocenters. The van der Waals surface area contributed by atoms with Gasteiger partial charge < -0.3 is 30.0 Å². The van der Waals surface area contributed by atoms with E-state index in [1.54, 1.807) is 19.9 Å². The van der Waals surface area contributed by atoms with E-state index in [1.807, 2.05) is 30.3 Å². The minimum Gasteiger partial charge on any atom is -0.491 e. The fraction of sp³-hybridized carbons (Fsp3) is 0.379. The minimum atomic E-state index is -0.901. The number of nitrogens with one attached hydrogen (secondary N) is 2. The maximum atomic E-state index is 13.3. The Kier molecular flexibility index (Phi) is 11.2. The zero-order valence-corrected chi connectivity index (χ0v) is 22.8. The van der Waals surface area contributed by atoms with Gasteiger partial charge in [0, 0.05) is 30.1 Å². The second-order valence-corrected chi connectivity index (χ2v) is 9.30. The fourth-order valence-electron chi connectivity index (χ4n) is 4.43. The molecule has 0 saturated heterocycles. The Labute approximate surface area is 233 Å². The predicted octanol–water partition coefficient (Wildman–Crippen LogP) is 3.36. The number of allylic oxidation sites excluding steroid dienone is 2. The number of hydrogen-bond acceptors (Lipinski definition) is 10. The lowest BCUT2D eigenvalue weighted by Crippen LogP contribution is -2.32. The van der Waals surface area contributed by atoms with Crippen molar-refractivity contribution in [2.75, 3.05) is 33.4 Å². The number of aliphatic hydroxyl groups excluding tert-OH is 1. The number of para-hydroxylation sites is 1. The molecule has 1 aliphatic heterocycles. The van der Waals surface area contributed by atoms with E-state index in [9.17, 15) is 24.8 Å². The van der Waals surface area contributed by atoms with Gasteiger partial charge in [-0.2, -0.15) is 0 Å². The monoisotopic (exact) mass is 553 g/mol. The molecular formula is C29H35N3O8. The van der Waals surface area contributed by atoms with Crippen molar-refractivity contribution in [3.05, 3.63) is 92.8 Å². The summed E-state index contributed by atoms with van der Waals surface area (Å²) in [6, 6.07) is 15.1. The van der Waals surface area contributed by atoms with Crippen molar-refractivity contribution < 1.29 is 33.8 Å². The lowest BCUT2D eigenvalue weighted by molar-refractivity contribution is -0.384. The number of nitrogens with zero attached hydrogens (tertiary/aromatic N) is 1. The lowest BCUT2D eigenvalue weighted by atomic mass is 9.80. The van der Waals surface area contributed by atoms with Gasteiger partial charge in [0.05, 0.1) is 35.7 Å². The second-order valence-electron chi connectivity index (χ2n) is 9.30. The Hall–Kier alpha value is -4.22. The zero-order chi connectivity index (χ0) is 29.1. The number of nitro groups is 1. The first kappa shape index (κ1) is 30.3. The number of dihydropyridines is 1. The number of esters is 2. The minimum absolute atomic E-state index is 0.134. The molecule has 40 heavy (non-hydrogen) atoms. The van der Waals surface area contributed by atoms with Crippen molar-refractivity contribution in [1.29, 1.82) is 0 Å². The van der Waals surface area contributed by atoms with Gasteiger partial charge in [-0.25, -0.2) is 9.59 Å². The third kappa shape index (κ3) is 8.14. The third-order valence-corrected chi connectivity index (χ3v) is 6.35. The number of hydrogen-bond donors (Lipinski definition) is 3. The Morgan fingerprint density at radius 3 is 2.42 bits per heavy atom. The normalized spacial score (nSPS) is 15.8. The standard InChI is InChI=1S/C29H35N3O8/c1-19-25(28(34)38-3)27(21-10-9-11-22(16-21)32(36)37)26(20(2)31-19)29(35)39-15-8-7-14-30-17-23(33)18-40-24-12-5-4-6-13-24/h4-6,9-13,16,23,27,30-31,33H,7-8,14-15,17-18H2,1-3H3. The van der Waals surface area contributed by atoms with Crippen molar-refractivity contribution in [3.63, 3.8) is 0 Å². The predicted molar refractivity (Wildman–Crippen MR) is 147 cm³/mol. The summed E-state index contributed by atoms with van der Waals surface area (Å²) >= 11 is 0. The molecule has 0 radical (unpaired) electrons. The summed E-state index contributed by atoms with van der Waals surface area (Å²) in [7, 11) is 1.24. The van der Waals surface area contributed by atoms with Crippen molar-refractivity contribution in [2.45, 2.75) is 38.7 Å². The van der Waals surface area contributed by atoms with E-state index in [0.717, 1.165) is 0 Å². The summed E-state index contributed by atoms with van der Waals surface area (Å²) in [5.41, 5.74) is 1.58. The Morgan fingerprint density at radius 2 is 1.75 bits per heavy atom. The number of nitro benzene ring substituents is 1. The van der Waals surface area contributed by atoms with E-state index in [2.05, 4.69) is 10.6 Å². The summed E-state index contributed by atoms with van der Waals surface area (Å²) in [6.45, 7) is 4.64. The number of aliphatic hydroxyl groups is 1. The quantitative estimate of drug-likeness (QED) is 0.138. The van der Waals surface area contributed by atoms with E-state index in [-0.39, 0.29) is 30.0 Å². The van der Waals surface area contributed by atoms with Gasteiger partial charge in [0.1, 0.15) is 18.5 Å². The highest BCUT2D eigenvalue weighted by Gasteiger charge is 2.38. The molecule has 0 aliphatic carbocycles. The maximum Gasteiger partial charge on any atom is 0.336 e. The van der Waals surface area contributed by atoms with Crippen molar-refractivity contribution in [1.82, 2.24) is 10.6 Å². The van der Waals surface area contributed by atoms with Gasteiger partial charge in [0.2, 0.25) is 0 Å². The molecule has 0 saturated carbocycles. The van der Waals surface area contributed by atoms with E-state index in [0.29, 0.717) is 48.6 Å². The Bertz CT molecular complexity index is 1260. The van der Waals surface area contributed by atoms with Crippen LogP contribution in [-0.2, 0) is 19.1 Å². The molecular weight excluding hydrogens is 518 g/mol. The number of ether oxygens (including phenoxy) is 3. The molecule has 1 aliphatic rings. The first-order valence-electron chi connectivity index (χ1n) is 13.0. The zero-order valence-electron chi connectivity index (χ0n) is 22.8. The number of carbonyl (C=O) groups is 2. The number of benzene rings is 2. The summed E-state index contributed by atoms with van der Waals surface area (Å²) in [4.78, 5) is 36.8. The van der Waals surface area contributed by atoms with Crippen molar-refractivity contribution in [3.8, 4) is 5.75 Å². The maximum absolute atomic E-state index is 13.3. The number of methoxy groups -OCH3 is 1. The van der Waals surface area contributed by atoms with Crippen LogP contribution in [0.4, 0.5) is 5.69 Å². The van der Waals surface area contributed by atoms with Crippen molar-refractivity contribution >= 4 is 17.6 Å². The summed E-state index contributed by atoms with van der Waals surface area (Å²) < 4.78 is 16.0. The number of rotatable bonds is 14. The average molecular weight is 554 g/mol. The molecule has 0 bridgehead atoms. The van der Waals surface area contributed by atoms with Gasteiger partial charge in [0.25, 0.3) is 5.69 Å². The summed E-state index contributed by atoms with van der Waals surface area (Å²) in [5.74, 6) is -1.49. The van der Waals surface area contributed by atoms with E-state index >= 15 is 0 Å². The Morgan fingerprint density at radius 1 is 1.05 bits per heavy atom. The molecule has 1 heterocycles. The molecule has 3 rings (SSSR count). The Balaban J connectivity index is 1.55. The van der Waals surface area contributed by atoms with Gasteiger partial charge >= 0.3 is 11.9 Å². The van der Waals surface area contributed by atoms with Crippen LogP contribution in [0.3, 0.4) is 0 Å². The number of non-ortho nitro benzene ring substituents is 1. The van der Waals surface area contributed by atoms with Crippen molar-refractivity contribution in [2.24, 2.45) is 0 Å². The molecule has 3 N–H and O–H groups in total. The molecule has 0 amide bonds. The van der Waals surface area contributed by atoms with Gasteiger partial charge in [-0.05, 0) is 50.9 Å². The van der Waals surface area contributed by atoms with Crippen LogP contribution in [0, 0.1) is 10.1 Å². The summed E-state index contributed by atoms with van der Waals surface area (Å²) in [5, 5.41) is 27.7. The van der Waals surface area contributed by atoms with E-state index < -0.39 is 28.9 Å². The molecule has 0 fully saturated rings. The topological polar surface area (TPSA) is 149 Å². The van der Waals surface area contributed by atoms with Gasteiger partial charge in [0.15, 0.2) is 0 Å². The van der Waals surface area contributed by atoms with Crippen LogP contribution in [0.15, 0.2) is 77.1 Å². The van der Waals surface area contributed by atoms with E-state index in [1.165, 1.54) is 25.3 Å². The highest BCUT2D eigenvalue weighted by atomic mass is 16.6. The number of unbranched alkanes of at least 4 members (excludes halogenated alkanes) is 1. The van der Waals surface area contributed by atoms with Crippen LogP contribution in [0.25, 0.3) is 0 Å². The third-order valence-electron chi connectivity index (χ3n) is 6.35. The largest absolute Gasteiger partial charge is 0.491 e. The van der Waals surface area contributed by atoms with Crippen LogP contribution in [-0.4, -0.2) is 61.5 Å². The lowest BCUT2D eigenvalue weighted by Gasteiger charge is -2.30. The molecule has 0 aromatic heterocycles. The molecule has 2 aromatic rings. The fourth-order valence-corrected chi connectivity index (χ4v) is 4.43.